The number of rotatable bonds is 10. The van der Waals surface area contributed by atoms with E-state index in [-0.39, 0.29) is 23.6 Å². The fraction of sp³-hybridized carbons (Fsp3) is 0.529. The van der Waals surface area contributed by atoms with E-state index < -0.39 is 5.97 Å². The first-order valence-electron chi connectivity index (χ1n) is 7.90. The van der Waals surface area contributed by atoms with Crippen LogP contribution in [0.2, 0.25) is 0 Å². The average molecular weight is 338 g/mol. The number of benzene rings is 1. The van der Waals surface area contributed by atoms with Crippen LogP contribution in [-0.4, -0.2) is 56.2 Å². The summed E-state index contributed by atoms with van der Waals surface area (Å²) >= 11 is 0. The highest BCUT2D eigenvalue weighted by Crippen LogP contribution is 2.33. The SMILES string of the molecule is CCCCN(C)CCC(=O)Nc1cc(OC)c(OC)cc1C(=O)O. The van der Waals surface area contributed by atoms with E-state index in [2.05, 4.69) is 17.1 Å². The lowest BCUT2D eigenvalue weighted by Gasteiger charge is -2.17. The van der Waals surface area contributed by atoms with Crippen molar-refractivity contribution in [2.45, 2.75) is 26.2 Å². The van der Waals surface area contributed by atoms with Gasteiger partial charge in [0.1, 0.15) is 0 Å². The van der Waals surface area contributed by atoms with E-state index in [1.54, 1.807) is 0 Å². The molecule has 1 aromatic rings. The van der Waals surface area contributed by atoms with E-state index in [0.29, 0.717) is 18.0 Å². The average Bonchev–Trinajstić information content (AvgIpc) is 2.57. The molecule has 0 aliphatic carbocycles. The molecular formula is C17H26N2O5. The van der Waals surface area contributed by atoms with E-state index in [4.69, 9.17) is 9.47 Å². The van der Waals surface area contributed by atoms with Gasteiger partial charge in [0, 0.05) is 25.1 Å². The molecule has 1 aromatic carbocycles. The van der Waals surface area contributed by atoms with Crippen molar-refractivity contribution < 1.29 is 24.2 Å². The van der Waals surface area contributed by atoms with Crippen molar-refractivity contribution in [3.63, 3.8) is 0 Å². The molecule has 0 spiro atoms. The monoisotopic (exact) mass is 338 g/mol. The molecule has 1 rings (SSSR count). The highest BCUT2D eigenvalue weighted by atomic mass is 16.5. The number of nitrogens with one attached hydrogen (secondary N) is 1. The summed E-state index contributed by atoms with van der Waals surface area (Å²) in [6.07, 6.45) is 2.47. The number of nitrogens with zero attached hydrogens (tertiary/aromatic N) is 1. The van der Waals surface area contributed by atoms with E-state index in [1.807, 2.05) is 7.05 Å². The minimum absolute atomic E-state index is 0.0414. The second-order valence-corrected chi connectivity index (χ2v) is 5.51. The van der Waals surface area contributed by atoms with Crippen LogP contribution in [0.25, 0.3) is 0 Å². The second-order valence-electron chi connectivity index (χ2n) is 5.51. The number of carboxylic acids is 1. The van der Waals surface area contributed by atoms with Gasteiger partial charge in [-0.25, -0.2) is 4.79 Å². The highest BCUT2D eigenvalue weighted by Gasteiger charge is 2.18. The molecule has 0 atom stereocenters. The van der Waals surface area contributed by atoms with Gasteiger partial charge >= 0.3 is 5.97 Å². The minimum Gasteiger partial charge on any atom is -0.493 e. The van der Waals surface area contributed by atoms with Crippen LogP contribution in [0.15, 0.2) is 12.1 Å². The smallest absolute Gasteiger partial charge is 0.337 e. The molecule has 0 bridgehead atoms. The molecule has 0 radical (unpaired) electrons. The summed E-state index contributed by atoms with van der Waals surface area (Å²) in [5.74, 6) is -0.732. The van der Waals surface area contributed by atoms with Gasteiger partial charge in [-0.1, -0.05) is 13.3 Å². The first-order chi connectivity index (χ1) is 11.4. The van der Waals surface area contributed by atoms with Gasteiger partial charge < -0.3 is 24.8 Å². The van der Waals surface area contributed by atoms with E-state index in [9.17, 15) is 14.7 Å². The predicted octanol–water partition coefficient (Wildman–Crippen LogP) is 2.46. The van der Waals surface area contributed by atoms with Crippen molar-refractivity contribution in [2.75, 3.05) is 39.7 Å². The second kappa shape index (κ2) is 9.77. The predicted molar refractivity (Wildman–Crippen MR) is 92.2 cm³/mol. The van der Waals surface area contributed by atoms with Gasteiger partial charge in [-0.05, 0) is 20.0 Å². The standard InChI is InChI=1S/C17H26N2O5/c1-5-6-8-19(2)9-7-16(20)18-13-11-15(24-4)14(23-3)10-12(13)17(21)22/h10-11H,5-9H2,1-4H3,(H,18,20)(H,21,22). The Morgan fingerprint density at radius 1 is 1.17 bits per heavy atom. The normalized spacial score (nSPS) is 10.5. The van der Waals surface area contributed by atoms with Crippen molar-refractivity contribution in [1.29, 1.82) is 0 Å². The first kappa shape index (κ1) is 19.8. The molecule has 0 aliphatic rings. The summed E-state index contributed by atoms with van der Waals surface area (Å²) < 4.78 is 10.3. The Morgan fingerprint density at radius 3 is 2.33 bits per heavy atom. The maximum Gasteiger partial charge on any atom is 0.337 e. The number of hydrogen-bond donors (Lipinski definition) is 2. The zero-order valence-electron chi connectivity index (χ0n) is 14.7. The third kappa shape index (κ3) is 5.73. The molecule has 0 aliphatic heterocycles. The third-order valence-electron chi connectivity index (χ3n) is 3.64. The van der Waals surface area contributed by atoms with Crippen LogP contribution in [-0.2, 0) is 4.79 Å². The van der Waals surface area contributed by atoms with Gasteiger partial charge in [-0.15, -0.1) is 0 Å². The van der Waals surface area contributed by atoms with Crippen LogP contribution in [0.1, 0.15) is 36.5 Å². The molecule has 0 fully saturated rings. The summed E-state index contributed by atoms with van der Waals surface area (Å²) in [6.45, 7) is 3.66. The highest BCUT2D eigenvalue weighted by molar-refractivity contribution is 6.01. The summed E-state index contributed by atoms with van der Waals surface area (Å²) in [5, 5.41) is 12.0. The van der Waals surface area contributed by atoms with Gasteiger partial charge in [0.05, 0.1) is 25.5 Å². The largest absolute Gasteiger partial charge is 0.493 e. The summed E-state index contributed by atoms with van der Waals surface area (Å²) in [7, 11) is 4.84. The number of unbranched alkanes of at least 4 members (excludes halogenated alkanes) is 1. The van der Waals surface area contributed by atoms with E-state index in [1.165, 1.54) is 26.4 Å². The van der Waals surface area contributed by atoms with Crippen LogP contribution >= 0.6 is 0 Å². The maximum absolute atomic E-state index is 12.1. The van der Waals surface area contributed by atoms with Gasteiger partial charge in [0.2, 0.25) is 5.91 Å². The fourth-order valence-electron chi connectivity index (χ4n) is 2.20. The number of carboxylic acid groups (broad SMARTS) is 1. The molecule has 1 amide bonds. The van der Waals surface area contributed by atoms with E-state index >= 15 is 0 Å². The van der Waals surface area contributed by atoms with Crippen molar-refractivity contribution in [2.24, 2.45) is 0 Å². The summed E-state index contributed by atoms with van der Waals surface area (Å²) in [5.41, 5.74) is 0.154. The third-order valence-corrected chi connectivity index (χ3v) is 3.64. The zero-order valence-corrected chi connectivity index (χ0v) is 14.7. The van der Waals surface area contributed by atoms with Crippen molar-refractivity contribution >= 4 is 17.6 Å². The van der Waals surface area contributed by atoms with Crippen molar-refractivity contribution in [3.05, 3.63) is 17.7 Å². The number of ether oxygens (including phenoxy) is 2. The Balaban J connectivity index is 2.81. The Labute approximate surface area is 142 Å². The lowest BCUT2D eigenvalue weighted by atomic mass is 10.1. The van der Waals surface area contributed by atoms with E-state index in [0.717, 1.165) is 19.4 Å². The topological polar surface area (TPSA) is 88.1 Å². The molecule has 7 nitrogen and oxygen atoms in total. The molecule has 0 heterocycles. The number of methoxy groups -OCH3 is 2. The molecule has 0 saturated heterocycles. The van der Waals surface area contributed by atoms with Gasteiger partial charge in [0.25, 0.3) is 0 Å². The summed E-state index contributed by atoms with van der Waals surface area (Å²) in [4.78, 5) is 25.6. The number of carbonyl (C=O) groups is 2. The molecule has 0 aromatic heterocycles. The molecule has 7 heteroatoms. The molecular weight excluding hydrogens is 312 g/mol. The minimum atomic E-state index is -1.15. The molecule has 2 N–H and O–H groups in total. The Morgan fingerprint density at radius 2 is 1.79 bits per heavy atom. The van der Waals surface area contributed by atoms with Gasteiger partial charge in [0.15, 0.2) is 11.5 Å². The maximum atomic E-state index is 12.1. The number of carbonyl (C=O) groups excluding carboxylic acids is 1. The molecule has 0 unspecified atom stereocenters. The van der Waals surface area contributed by atoms with Crippen molar-refractivity contribution in [3.8, 4) is 11.5 Å². The molecule has 134 valence electrons. The fourth-order valence-corrected chi connectivity index (χ4v) is 2.20. The van der Waals surface area contributed by atoms with Gasteiger partial charge in [-0.3, -0.25) is 4.79 Å². The lowest BCUT2D eigenvalue weighted by Crippen LogP contribution is -2.25. The molecule has 24 heavy (non-hydrogen) atoms. The number of amides is 1. The Hall–Kier alpha value is -2.28. The van der Waals surface area contributed by atoms with Crippen LogP contribution in [0.5, 0.6) is 11.5 Å². The number of aromatic carboxylic acids is 1. The first-order valence-corrected chi connectivity index (χ1v) is 7.90. The van der Waals surface area contributed by atoms with Crippen LogP contribution in [0.3, 0.4) is 0 Å². The molecule has 0 saturated carbocycles. The quantitative estimate of drug-likeness (QED) is 0.681. The van der Waals surface area contributed by atoms with Crippen molar-refractivity contribution in [1.82, 2.24) is 4.90 Å². The number of hydrogen-bond acceptors (Lipinski definition) is 5. The number of anilines is 1. The zero-order chi connectivity index (χ0) is 18.1. The summed E-state index contributed by atoms with van der Waals surface area (Å²) in [6, 6.07) is 2.80. The van der Waals surface area contributed by atoms with Gasteiger partial charge in [-0.2, -0.15) is 0 Å². The van der Waals surface area contributed by atoms with Crippen LogP contribution < -0.4 is 14.8 Å². The lowest BCUT2D eigenvalue weighted by molar-refractivity contribution is -0.116. The van der Waals surface area contributed by atoms with Crippen LogP contribution in [0.4, 0.5) is 5.69 Å². The Bertz CT molecular complexity index is 574. The Kier molecular flexibility index (Phi) is 8.05. The van der Waals surface area contributed by atoms with Crippen LogP contribution in [0, 0.1) is 0 Å².